The van der Waals surface area contributed by atoms with Gasteiger partial charge in [0.25, 0.3) is 0 Å². The third-order valence-corrected chi connectivity index (χ3v) is 2.09. The van der Waals surface area contributed by atoms with Gasteiger partial charge in [-0.2, -0.15) is 10.4 Å². The first kappa shape index (κ1) is 9.28. The molecule has 0 saturated carbocycles. The molecule has 2 aromatic rings. The van der Waals surface area contributed by atoms with Crippen LogP contribution in [-0.2, 0) is 0 Å². The van der Waals surface area contributed by atoms with Crippen molar-refractivity contribution in [3.05, 3.63) is 36.0 Å². The summed E-state index contributed by atoms with van der Waals surface area (Å²) in [7, 11) is 1.61. The summed E-state index contributed by atoms with van der Waals surface area (Å²) in [6.45, 7) is 0. The quantitative estimate of drug-likeness (QED) is 0.804. The summed E-state index contributed by atoms with van der Waals surface area (Å²) in [5.74, 6) is 0.755. The predicted molar refractivity (Wildman–Crippen MR) is 55.3 cm³/mol. The Morgan fingerprint density at radius 2 is 2.20 bits per heavy atom. The topological polar surface area (TPSA) is 61.7 Å². The summed E-state index contributed by atoms with van der Waals surface area (Å²) in [6, 6.07) is 11.2. The Labute approximate surface area is 87.1 Å². The molecule has 2 rings (SSSR count). The highest BCUT2D eigenvalue weighted by atomic mass is 16.5. The van der Waals surface area contributed by atoms with E-state index in [1.165, 1.54) is 0 Å². The largest absolute Gasteiger partial charge is 0.496 e. The van der Waals surface area contributed by atoms with Crippen molar-refractivity contribution in [2.24, 2.45) is 0 Å². The van der Waals surface area contributed by atoms with Crippen LogP contribution < -0.4 is 4.74 Å². The molecule has 74 valence electrons. The molecule has 4 nitrogen and oxygen atoms in total. The normalized spacial score (nSPS) is 9.60. The minimum Gasteiger partial charge on any atom is -0.496 e. The molecule has 0 aliphatic heterocycles. The maximum Gasteiger partial charge on any atom is 0.162 e. The zero-order chi connectivity index (χ0) is 10.7. The zero-order valence-electron chi connectivity index (χ0n) is 8.19. The average Bonchev–Trinajstić information content (AvgIpc) is 2.77. The van der Waals surface area contributed by atoms with Gasteiger partial charge in [0.1, 0.15) is 11.8 Å². The van der Waals surface area contributed by atoms with Gasteiger partial charge >= 0.3 is 0 Å². The van der Waals surface area contributed by atoms with E-state index in [2.05, 4.69) is 10.2 Å². The fourth-order valence-electron chi connectivity index (χ4n) is 1.38. The second kappa shape index (κ2) is 3.84. The highest BCUT2D eigenvalue weighted by molar-refractivity contribution is 5.67. The number of ether oxygens (including phenoxy) is 1. The SMILES string of the molecule is COc1ccccc1-c1cc(C#N)n[nH]1. The van der Waals surface area contributed by atoms with Gasteiger partial charge in [0.05, 0.1) is 12.8 Å². The van der Waals surface area contributed by atoms with Crippen LogP contribution in [0.2, 0.25) is 0 Å². The molecule has 1 N–H and O–H groups in total. The van der Waals surface area contributed by atoms with Crippen LogP contribution in [0.3, 0.4) is 0 Å². The van der Waals surface area contributed by atoms with Gasteiger partial charge in [0.2, 0.25) is 0 Å². The Hall–Kier alpha value is -2.28. The number of nitrogens with one attached hydrogen (secondary N) is 1. The number of methoxy groups -OCH3 is 1. The van der Waals surface area contributed by atoms with Gasteiger partial charge in [0, 0.05) is 11.6 Å². The van der Waals surface area contributed by atoms with Crippen LogP contribution in [0, 0.1) is 11.3 Å². The molecule has 0 saturated heterocycles. The fourth-order valence-corrected chi connectivity index (χ4v) is 1.38. The molecular formula is C11H9N3O. The third-order valence-electron chi connectivity index (χ3n) is 2.09. The van der Waals surface area contributed by atoms with Crippen LogP contribution in [0.15, 0.2) is 30.3 Å². The van der Waals surface area contributed by atoms with E-state index in [1.54, 1.807) is 13.2 Å². The third kappa shape index (κ3) is 1.67. The molecule has 0 atom stereocenters. The van der Waals surface area contributed by atoms with E-state index < -0.39 is 0 Å². The lowest BCUT2D eigenvalue weighted by Gasteiger charge is -2.04. The monoisotopic (exact) mass is 199 g/mol. The molecule has 0 aliphatic carbocycles. The number of aromatic nitrogens is 2. The summed E-state index contributed by atoms with van der Waals surface area (Å²) < 4.78 is 5.21. The molecule has 0 unspecified atom stereocenters. The van der Waals surface area contributed by atoms with Gasteiger partial charge < -0.3 is 4.74 Å². The number of hydrogen-bond acceptors (Lipinski definition) is 3. The molecule has 1 aromatic carbocycles. The molecule has 0 spiro atoms. The van der Waals surface area contributed by atoms with Crippen molar-refractivity contribution in [3.63, 3.8) is 0 Å². The number of nitrogens with zero attached hydrogens (tertiary/aromatic N) is 2. The van der Waals surface area contributed by atoms with Gasteiger partial charge in [-0.1, -0.05) is 12.1 Å². The van der Waals surface area contributed by atoms with Crippen LogP contribution in [0.1, 0.15) is 5.69 Å². The van der Waals surface area contributed by atoms with Gasteiger partial charge in [-0.3, -0.25) is 5.10 Å². The number of H-pyrrole nitrogens is 1. The van der Waals surface area contributed by atoms with E-state index in [1.807, 2.05) is 30.3 Å². The number of benzene rings is 1. The van der Waals surface area contributed by atoms with Gasteiger partial charge in [-0.25, -0.2) is 0 Å². The minimum absolute atomic E-state index is 0.371. The van der Waals surface area contributed by atoms with Crippen LogP contribution in [0.25, 0.3) is 11.3 Å². The second-order valence-electron chi connectivity index (χ2n) is 2.98. The van der Waals surface area contributed by atoms with E-state index in [0.717, 1.165) is 17.0 Å². The summed E-state index contributed by atoms with van der Waals surface area (Å²) >= 11 is 0. The van der Waals surface area contributed by atoms with Gasteiger partial charge in [-0.05, 0) is 12.1 Å². The predicted octanol–water partition coefficient (Wildman–Crippen LogP) is 1.96. The van der Waals surface area contributed by atoms with E-state index in [-0.39, 0.29) is 0 Å². The second-order valence-corrected chi connectivity index (χ2v) is 2.98. The van der Waals surface area contributed by atoms with E-state index in [0.29, 0.717) is 5.69 Å². The van der Waals surface area contributed by atoms with E-state index in [9.17, 15) is 0 Å². The minimum atomic E-state index is 0.371. The van der Waals surface area contributed by atoms with E-state index >= 15 is 0 Å². The van der Waals surface area contributed by atoms with Crippen LogP contribution in [-0.4, -0.2) is 17.3 Å². The van der Waals surface area contributed by atoms with E-state index in [4.69, 9.17) is 10.00 Å². The van der Waals surface area contributed by atoms with Crippen LogP contribution in [0.4, 0.5) is 0 Å². The van der Waals surface area contributed by atoms with Crippen molar-refractivity contribution >= 4 is 0 Å². The molecule has 0 radical (unpaired) electrons. The smallest absolute Gasteiger partial charge is 0.162 e. The molecule has 15 heavy (non-hydrogen) atoms. The lowest BCUT2D eigenvalue weighted by Crippen LogP contribution is -1.87. The number of nitriles is 1. The van der Waals surface area contributed by atoms with Gasteiger partial charge in [-0.15, -0.1) is 0 Å². The van der Waals surface area contributed by atoms with Crippen LogP contribution >= 0.6 is 0 Å². The van der Waals surface area contributed by atoms with Crippen molar-refractivity contribution in [2.75, 3.05) is 7.11 Å². The molecule has 1 aromatic heterocycles. The molecule has 0 aliphatic rings. The van der Waals surface area contributed by atoms with Crippen molar-refractivity contribution < 1.29 is 4.74 Å². The molecule has 0 amide bonds. The lowest BCUT2D eigenvalue weighted by atomic mass is 10.1. The Kier molecular flexibility index (Phi) is 2.38. The van der Waals surface area contributed by atoms with Gasteiger partial charge in [0.15, 0.2) is 5.69 Å². The Bertz CT molecular complexity index is 511. The Balaban J connectivity index is 2.49. The summed E-state index contributed by atoms with van der Waals surface area (Å²) in [4.78, 5) is 0. The van der Waals surface area contributed by atoms with Crippen molar-refractivity contribution in [2.45, 2.75) is 0 Å². The zero-order valence-corrected chi connectivity index (χ0v) is 8.19. The van der Waals surface area contributed by atoms with Crippen molar-refractivity contribution in [1.29, 1.82) is 5.26 Å². The number of para-hydroxylation sites is 1. The molecule has 4 heteroatoms. The molecule has 0 bridgehead atoms. The summed E-state index contributed by atoms with van der Waals surface area (Å²) in [6.07, 6.45) is 0. The Morgan fingerprint density at radius 3 is 2.87 bits per heavy atom. The number of rotatable bonds is 2. The first-order chi connectivity index (χ1) is 7.35. The Morgan fingerprint density at radius 1 is 1.40 bits per heavy atom. The fraction of sp³-hybridized carbons (Fsp3) is 0.0909. The average molecular weight is 199 g/mol. The van der Waals surface area contributed by atoms with Crippen molar-refractivity contribution in [3.8, 4) is 23.1 Å². The summed E-state index contributed by atoms with van der Waals surface area (Å²) in [5, 5.41) is 15.3. The first-order valence-corrected chi connectivity index (χ1v) is 4.44. The lowest BCUT2D eigenvalue weighted by molar-refractivity contribution is 0.416. The maximum absolute atomic E-state index is 8.66. The molecule has 0 fully saturated rings. The standard InChI is InChI=1S/C11H9N3O/c1-15-11-5-3-2-4-9(11)10-6-8(7-12)13-14-10/h2-6H,1H3,(H,13,14). The summed E-state index contributed by atoms with van der Waals surface area (Å²) in [5.41, 5.74) is 2.05. The molecule has 1 heterocycles. The highest BCUT2D eigenvalue weighted by Gasteiger charge is 2.07. The highest BCUT2D eigenvalue weighted by Crippen LogP contribution is 2.27. The number of aromatic amines is 1. The number of hydrogen-bond donors (Lipinski definition) is 1. The maximum atomic E-state index is 8.66. The first-order valence-electron chi connectivity index (χ1n) is 4.44. The van der Waals surface area contributed by atoms with Crippen molar-refractivity contribution in [1.82, 2.24) is 10.2 Å². The van der Waals surface area contributed by atoms with Crippen LogP contribution in [0.5, 0.6) is 5.75 Å². The molecular weight excluding hydrogens is 190 g/mol.